The number of ether oxygens (including phenoxy) is 2. The van der Waals surface area contributed by atoms with Crippen molar-refractivity contribution in [2.75, 3.05) is 21.3 Å². The van der Waals surface area contributed by atoms with Crippen molar-refractivity contribution in [2.45, 2.75) is 18.5 Å². The molecule has 4 atom stereocenters. The SMILES string of the molecule is COC(=O)[C@]1(C)[NH2+][C@@H](c2ccc(O)c(OC)c2)[C@H]2C(=O)N(C)C(=O)[C@H]21. The molecule has 2 fully saturated rings. The number of amides is 2. The molecule has 3 N–H and O–H groups in total. The predicted molar refractivity (Wildman–Crippen MR) is 84.5 cm³/mol. The van der Waals surface area contributed by atoms with Crippen LogP contribution in [-0.4, -0.2) is 54.6 Å². The van der Waals surface area contributed by atoms with Gasteiger partial charge in [0.2, 0.25) is 17.4 Å². The highest BCUT2D eigenvalue weighted by Gasteiger charge is 2.70. The minimum Gasteiger partial charge on any atom is -0.504 e. The number of likely N-dealkylation sites (tertiary alicyclic amines) is 1. The molecule has 2 saturated heterocycles. The molecule has 0 saturated carbocycles. The van der Waals surface area contributed by atoms with Crippen molar-refractivity contribution >= 4 is 17.8 Å². The number of methoxy groups -OCH3 is 2. The van der Waals surface area contributed by atoms with Crippen molar-refractivity contribution in [2.24, 2.45) is 11.8 Å². The Bertz CT molecular complexity index is 764. The number of benzene rings is 1. The molecule has 2 heterocycles. The Morgan fingerprint density at radius 2 is 1.96 bits per heavy atom. The number of phenols is 1. The standard InChI is InChI=1S/C17H20N2O6/c1-17(16(23)25-4)12-11(14(21)19(2)15(12)22)13(18-17)8-5-6-9(20)10(7-8)24-3/h5-7,11-13,18,20H,1-4H3/p+1/t11-,12-,13-,17+/m0/s1. The fraction of sp³-hybridized carbons (Fsp3) is 0.471. The van der Waals surface area contributed by atoms with Gasteiger partial charge in [0.05, 0.1) is 14.2 Å². The van der Waals surface area contributed by atoms with E-state index in [2.05, 4.69) is 0 Å². The Morgan fingerprint density at radius 3 is 2.56 bits per heavy atom. The number of hydrogen-bond acceptors (Lipinski definition) is 6. The van der Waals surface area contributed by atoms with Crippen molar-refractivity contribution < 1.29 is 34.3 Å². The highest BCUT2D eigenvalue weighted by molar-refractivity contribution is 6.08. The Labute approximate surface area is 144 Å². The van der Waals surface area contributed by atoms with E-state index >= 15 is 0 Å². The topological polar surface area (TPSA) is 110 Å². The van der Waals surface area contributed by atoms with Crippen LogP contribution < -0.4 is 10.1 Å². The second kappa shape index (κ2) is 5.73. The Kier molecular flexibility index (Phi) is 3.95. The number of fused-ring (bicyclic) bond motifs is 1. The van der Waals surface area contributed by atoms with E-state index in [9.17, 15) is 19.5 Å². The fourth-order valence-corrected chi connectivity index (χ4v) is 4.03. The van der Waals surface area contributed by atoms with Crippen molar-refractivity contribution in [1.82, 2.24) is 4.90 Å². The molecule has 1 aromatic rings. The van der Waals surface area contributed by atoms with Crippen molar-refractivity contribution in [3.05, 3.63) is 23.8 Å². The smallest absolute Gasteiger partial charge is 0.368 e. The van der Waals surface area contributed by atoms with Gasteiger partial charge in [-0.25, -0.2) is 4.79 Å². The minimum absolute atomic E-state index is 0.0255. The number of imide groups is 1. The maximum atomic E-state index is 12.7. The van der Waals surface area contributed by atoms with Crippen LogP contribution in [0.3, 0.4) is 0 Å². The molecule has 8 nitrogen and oxygen atoms in total. The monoisotopic (exact) mass is 349 g/mol. The number of nitrogens with two attached hydrogens (primary N) is 1. The molecule has 2 aliphatic rings. The fourth-order valence-electron chi connectivity index (χ4n) is 4.03. The molecule has 2 amide bonds. The summed E-state index contributed by atoms with van der Waals surface area (Å²) < 4.78 is 10.0. The highest BCUT2D eigenvalue weighted by atomic mass is 16.5. The molecule has 2 aliphatic heterocycles. The first-order chi connectivity index (χ1) is 11.8. The van der Waals surface area contributed by atoms with Gasteiger partial charge in [0.25, 0.3) is 0 Å². The Morgan fingerprint density at radius 1 is 1.28 bits per heavy atom. The normalized spacial score (nSPS) is 31.2. The molecule has 8 heteroatoms. The zero-order chi connectivity index (χ0) is 18.5. The van der Waals surface area contributed by atoms with E-state index in [0.717, 1.165) is 4.90 Å². The number of carbonyl (C=O) groups is 3. The molecular formula is C17H21N2O6+. The summed E-state index contributed by atoms with van der Waals surface area (Å²) in [5, 5.41) is 11.5. The first-order valence-electron chi connectivity index (χ1n) is 7.89. The van der Waals surface area contributed by atoms with E-state index < -0.39 is 29.4 Å². The molecule has 0 radical (unpaired) electrons. The second-order valence-corrected chi connectivity index (χ2v) is 6.64. The summed E-state index contributed by atoms with van der Waals surface area (Å²) in [6.45, 7) is 1.62. The number of quaternary nitrogens is 1. The van der Waals surface area contributed by atoms with Crippen LogP contribution in [0.15, 0.2) is 18.2 Å². The molecule has 3 rings (SSSR count). The Balaban J connectivity index is 2.11. The molecule has 1 aromatic carbocycles. The number of rotatable bonds is 3. The molecule has 0 aromatic heterocycles. The lowest BCUT2D eigenvalue weighted by Crippen LogP contribution is -2.97. The van der Waals surface area contributed by atoms with Gasteiger partial charge in [-0.2, -0.15) is 0 Å². The first-order valence-corrected chi connectivity index (χ1v) is 7.89. The van der Waals surface area contributed by atoms with Crippen LogP contribution in [0.1, 0.15) is 18.5 Å². The average molecular weight is 349 g/mol. The van der Waals surface area contributed by atoms with E-state index in [-0.39, 0.29) is 23.3 Å². The van der Waals surface area contributed by atoms with Crippen LogP contribution in [0, 0.1) is 11.8 Å². The lowest BCUT2D eigenvalue weighted by Gasteiger charge is -2.24. The van der Waals surface area contributed by atoms with Crippen LogP contribution in [0.4, 0.5) is 0 Å². The van der Waals surface area contributed by atoms with Crippen LogP contribution in [0.2, 0.25) is 0 Å². The van der Waals surface area contributed by atoms with Gasteiger partial charge < -0.3 is 19.9 Å². The van der Waals surface area contributed by atoms with E-state index in [4.69, 9.17) is 9.47 Å². The lowest BCUT2D eigenvalue weighted by atomic mass is 9.80. The number of aromatic hydroxyl groups is 1. The van der Waals surface area contributed by atoms with Gasteiger partial charge >= 0.3 is 5.97 Å². The van der Waals surface area contributed by atoms with Crippen LogP contribution >= 0.6 is 0 Å². The second-order valence-electron chi connectivity index (χ2n) is 6.64. The van der Waals surface area contributed by atoms with Gasteiger partial charge in [-0.05, 0) is 18.2 Å². The molecule has 0 bridgehead atoms. The maximum Gasteiger partial charge on any atom is 0.368 e. The van der Waals surface area contributed by atoms with Gasteiger partial charge in [0.1, 0.15) is 17.9 Å². The molecule has 134 valence electrons. The van der Waals surface area contributed by atoms with Crippen molar-refractivity contribution in [3.8, 4) is 11.5 Å². The molecule has 0 unspecified atom stereocenters. The van der Waals surface area contributed by atoms with Gasteiger partial charge in [-0.3, -0.25) is 14.5 Å². The lowest BCUT2D eigenvalue weighted by molar-refractivity contribution is -0.731. The summed E-state index contributed by atoms with van der Waals surface area (Å²) in [6.07, 6.45) is 0. The van der Waals surface area contributed by atoms with E-state index in [1.807, 2.05) is 0 Å². The van der Waals surface area contributed by atoms with Crippen LogP contribution in [-0.2, 0) is 19.1 Å². The van der Waals surface area contributed by atoms with E-state index in [1.165, 1.54) is 27.3 Å². The van der Waals surface area contributed by atoms with Crippen molar-refractivity contribution in [3.63, 3.8) is 0 Å². The summed E-state index contributed by atoms with van der Waals surface area (Å²) in [6, 6.07) is 4.28. The summed E-state index contributed by atoms with van der Waals surface area (Å²) in [4.78, 5) is 38.7. The molecule has 25 heavy (non-hydrogen) atoms. The van der Waals surface area contributed by atoms with Crippen molar-refractivity contribution in [1.29, 1.82) is 0 Å². The summed E-state index contributed by atoms with van der Waals surface area (Å²) >= 11 is 0. The van der Waals surface area contributed by atoms with Crippen LogP contribution in [0.25, 0.3) is 0 Å². The number of carbonyl (C=O) groups excluding carboxylic acids is 3. The summed E-state index contributed by atoms with van der Waals surface area (Å²) in [7, 11) is 4.12. The van der Waals surface area contributed by atoms with Gasteiger partial charge in [-0.1, -0.05) is 0 Å². The number of hydrogen-bond donors (Lipinski definition) is 2. The highest BCUT2D eigenvalue weighted by Crippen LogP contribution is 2.44. The largest absolute Gasteiger partial charge is 0.504 e. The number of phenolic OH excluding ortho intramolecular Hbond substituents is 1. The van der Waals surface area contributed by atoms with Gasteiger partial charge in [0, 0.05) is 19.5 Å². The van der Waals surface area contributed by atoms with Crippen LogP contribution in [0.5, 0.6) is 11.5 Å². The minimum atomic E-state index is -1.20. The zero-order valence-electron chi connectivity index (χ0n) is 14.5. The van der Waals surface area contributed by atoms with Gasteiger partial charge in [0.15, 0.2) is 11.5 Å². The van der Waals surface area contributed by atoms with Gasteiger partial charge in [-0.15, -0.1) is 0 Å². The van der Waals surface area contributed by atoms with E-state index in [0.29, 0.717) is 5.56 Å². The zero-order valence-corrected chi connectivity index (χ0v) is 14.5. The third-order valence-electron chi connectivity index (χ3n) is 5.34. The maximum absolute atomic E-state index is 12.7. The molecule has 0 spiro atoms. The Hall–Kier alpha value is -2.61. The number of nitrogens with zero attached hydrogens (tertiary/aromatic N) is 1. The first kappa shape index (κ1) is 17.2. The average Bonchev–Trinajstić information content (AvgIpc) is 3.04. The predicted octanol–water partition coefficient (Wildman–Crippen LogP) is -0.818. The third-order valence-corrected chi connectivity index (χ3v) is 5.34. The quantitative estimate of drug-likeness (QED) is 0.545. The molecule has 0 aliphatic carbocycles. The van der Waals surface area contributed by atoms with E-state index in [1.54, 1.807) is 24.4 Å². The summed E-state index contributed by atoms with van der Waals surface area (Å²) in [5.74, 6) is -2.50. The molecular weight excluding hydrogens is 328 g/mol. The summed E-state index contributed by atoms with van der Waals surface area (Å²) in [5.41, 5.74) is -0.513. The number of esters is 1. The third kappa shape index (κ3) is 2.28.